The van der Waals surface area contributed by atoms with E-state index in [1.54, 1.807) is 12.1 Å². The summed E-state index contributed by atoms with van der Waals surface area (Å²) >= 11 is 5.87. The zero-order chi connectivity index (χ0) is 11.3. The van der Waals surface area contributed by atoms with Gasteiger partial charge in [0.25, 0.3) is 0 Å². The number of allylic oxidation sites excluding steroid dienone is 1. The normalized spacial score (nSPS) is 11.9. The Labute approximate surface area is 94.5 Å². The Morgan fingerprint density at radius 2 is 2.40 bits per heavy atom. The Kier molecular flexibility index (Phi) is 4.37. The number of carbonyl (C=O) groups is 1. The molecule has 0 bridgehead atoms. The number of hydrogen-bond acceptors (Lipinski definition) is 2. The van der Waals surface area contributed by atoms with Crippen LogP contribution in [0.2, 0.25) is 5.02 Å². The molecule has 0 aliphatic heterocycles. The van der Waals surface area contributed by atoms with Gasteiger partial charge in [0.1, 0.15) is 0 Å². The van der Waals surface area contributed by atoms with Gasteiger partial charge in [-0.2, -0.15) is 0 Å². The molecule has 0 saturated carbocycles. The third-order valence-electron chi connectivity index (χ3n) is 2.18. The fourth-order valence-electron chi connectivity index (χ4n) is 1.34. The minimum absolute atomic E-state index is 0.0452. The van der Waals surface area contributed by atoms with Crippen LogP contribution in [0.4, 0.5) is 0 Å². The van der Waals surface area contributed by atoms with Crippen molar-refractivity contribution in [2.45, 2.75) is 12.3 Å². The van der Waals surface area contributed by atoms with E-state index in [4.69, 9.17) is 11.6 Å². The highest BCUT2D eigenvalue weighted by atomic mass is 35.5. The third-order valence-corrected chi connectivity index (χ3v) is 2.41. The highest BCUT2D eigenvalue weighted by Crippen LogP contribution is 2.23. The summed E-state index contributed by atoms with van der Waals surface area (Å²) in [5.74, 6) is -0.295. The zero-order valence-electron chi connectivity index (χ0n) is 8.57. The lowest BCUT2D eigenvalue weighted by atomic mass is 9.96. The quantitative estimate of drug-likeness (QED) is 0.580. The van der Waals surface area contributed by atoms with Crippen LogP contribution in [-0.2, 0) is 9.53 Å². The van der Waals surface area contributed by atoms with Crippen LogP contribution in [0.1, 0.15) is 17.9 Å². The van der Waals surface area contributed by atoms with Gasteiger partial charge < -0.3 is 4.74 Å². The number of methoxy groups -OCH3 is 1. The summed E-state index contributed by atoms with van der Waals surface area (Å²) in [5, 5.41) is 0.657. The van der Waals surface area contributed by atoms with Crippen LogP contribution >= 0.6 is 11.6 Å². The molecule has 1 aromatic rings. The second kappa shape index (κ2) is 5.56. The van der Waals surface area contributed by atoms with E-state index in [1.807, 2.05) is 18.2 Å². The maximum absolute atomic E-state index is 11.1. The topological polar surface area (TPSA) is 26.3 Å². The average Bonchev–Trinajstić information content (AvgIpc) is 2.25. The number of esters is 1. The van der Waals surface area contributed by atoms with E-state index in [2.05, 4.69) is 11.3 Å². The van der Waals surface area contributed by atoms with Gasteiger partial charge in [-0.05, 0) is 17.7 Å². The van der Waals surface area contributed by atoms with E-state index >= 15 is 0 Å². The lowest BCUT2D eigenvalue weighted by Gasteiger charge is -2.11. The van der Waals surface area contributed by atoms with Crippen LogP contribution in [0, 0.1) is 0 Å². The molecule has 0 saturated heterocycles. The summed E-state index contributed by atoms with van der Waals surface area (Å²) in [5.41, 5.74) is 0.975. The highest BCUT2D eigenvalue weighted by Gasteiger charge is 2.13. The maximum atomic E-state index is 11.1. The van der Waals surface area contributed by atoms with Gasteiger partial charge in [0.2, 0.25) is 0 Å². The molecule has 0 radical (unpaired) electrons. The molecule has 0 aliphatic rings. The minimum atomic E-state index is -0.250. The van der Waals surface area contributed by atoms with E-state index in [1.165, 1.54) is 7.11 Å². The monoisotopic (exact) mass is 224 g/mol. The molecule has 1 aromatic carbocycles. The Balaban J connectivity index is 2.83. The lowest BCUT2D eigenvalue weighted by Crippen LogP contribution is -2.06. The molecule has 0 aromatic heterocycles. The van der Waals surface area contributed by atoms with Crippen molar-refractivity contribution in [2.75, 3.05) is 7.11 Å². The molecule has 0 aliphatic carbocycles. The van der Waals surface area contributed by atoms with Crippen molar-refractivity contribution in [1.29, 1.82) is 0 Å². The van der Waals surface area contributed by atoms with Crippen molar-refractivity contribution in [2.24, 2.45) is 0 Å². The number of carbonyl (C=O) groups excluding carboxylic acids is 1. The van der Waals surface area contributed by atoms with Crippen molar-refractivity contribution in [3.05, 3.63) is 47.5 Å². The molecule has 0 N–H and O–H groups in total. The first-order valence-corrected chi connectivity index (χ1v) is 5.00. The maximum Gasteiger partial charge on any atom is 0.306 e. The van der Waals surface area contributed by atoms with E-state index in [0.717, 1.165) is 5.56 Å². The first-order valence-electron chi connectivity index (χ1n) is 4.62. The van der Waals surface area contributed by atoms with Crippen LogP contribution in [0.5, 0.6) is 0 Å². The summed E-state index contributed by atoms with van der Waals surface area (Å²) in [4.78, 5) is 11.1. The van der Waals surface area contributed by atoms with Crippen LogP contribution in [-0.4, -0.2) is 13.1 Å². The molecular formula is C12H13ClO2. The standard InChI is InChI=1S/C12H13ClO2/c1-3-9(8-12(14)15-2)10-5-4-6-11(13)7-10/h3-7,9H,1,8H2,2H3/t9-/m1/s1. The summed E-state index contributed by atoms with van der Waals surface area (Å²) in [7, 11) is 1.38. The van der Waals surface area contributed by atoms with E-state index < -0.39 is 0 Å². The molecule has 3 heteroatoms. The van der Waals surface area contributed by atoms with Crippen molar-refractivity contribution in [1.82, 2.24) is 0 Å². The Bertz CT molecular complexity index is 360. The molecule has 0 amide bonds. The predicted molar refractivity (Wildman–Crippen MR) is 61.0 cm³/mol. The van der Waals surface area contributed by atoms with Gasteiger partial charge in [0.15, 0.2) is 0 Å². The second-order valence-corrected chi connectivity index (χ2v) is 3.61. The molecule has 80 valence electrons. The predicted octanol–water partition coefficient (Wildman–Crippen LogP) is 3.17. The number of rotatable bonds is 4. The summed E-state index contributed by atoms with van der Waals surface area (Å²) in [6.07, 6.45) is 2.02. The van der Waals surface area contributed by atoms with Gasteiger partial charge in [-0.25, -0.2) is 0 Å². The van der Waals surface area contributed by atoms with Crippen LogP contribution < -0.4 is 0 Å². The molecule has 1 rings (SSSR count). The fourth-order valence-corrected chi connectivity index (χ4v) is 1.54. The second-order valence-electron chi connectivity index (χ2n) is 3.18. The third kappa shape index (κ3) is 3.40. The summed E-state index contributed by atoms with van der Waals surface area (Å²) in [6, 6.07) is 7.40. The molecule has 0 spiro atoms. The fraction of sp³-hybridized carbons (Fsp3) is 0.250. The average molecular weight is 225 g/mol. The van der Waals surface area contributed by atoms with E-state index in [9.17, 15) is 4.79 Å². The Morgan fingerprint density at radius 3 is 2.93 bits per heavy atom. The zero-order valence-corrected chi connectivity index (χ0v) is 9.33. The first kappa shape index (κ1) is 11.8. The number of ether oxygens (including phenoxy) is 1. The largest absolute Gasteiger partial charge is 0.469 e. The minimum Gasteiger partial charge on any atom is -0.469 e. The molecule has 0 fully saturated rings. The van der Waals surface area contributed by atoms with Crippen molar-refractivity contribution < 1.29 is 9.53 Å². The highest BCUT2D eigenvalue weighted by molar-refractivity contribution is 6.30. The molecule has 0 heterocycles. The molecule has 2 nitrogen and oxygen atoms in total. The summed E-state index contributed by atoms with van der Waals surface area (Å²) in [6.45, 7) is 3.70. The van der Waals surface area contributed by atoms with Gasteiger partial charge in [-0.15, -0.1) is 6.58 Å². The Hall–Kier alpha value is -1.28. The number of benzene rings is 1. The van der Waals surface area contributed by atoms with Crippen molar-refractivity contribution in [3.63, 3.8) is 0 Å². The van der Waals surface area contributed by atoms with E-state index in [-0.39, 0.29) is 11.9 Å². The van der Waals surface area contributed by atoms with Gasteiger partial charge >= 0.3 is 5.97 Å². The van der Waals surface area contributed by atoms with Gasteiger partial charge in [0.05, 0.1) is 13.5 Å². The lowest BCUT2D eigenvalue weighted by molar-refractivity contribution is -0.140. The Morgan fingerprint density at radius 1 is 1.67 bits per heavy atom. The number of hydrogen-bond donors (Lipinski definition) is 0. The molecule has 15 heavy (non-hydrogen) atoms. The number of halogens is 1. The first-order chi connectivity index (χ1) is 7.17. The van der Waals surface area contributed by atoms with Gasteiger partial charge in [0, 0.05) is 10.9 Å². The SMILES string of the molecule is C=C[C@H](CC(=O)OC)c1cccc(Cl)c1. The molecular weight excluding hydrogens is 212 g/mol. The van der Waals surface area contributed by atoms with Crippen LogP contribution in [0.25, 0.3) is 0 Å². The van der Waals surface area contributed by atoms with Crippen LogP contribution in [0.3, 0.4) is 0 Å². The molecule has 1 atom stereocenters. The van der Waals surface area contributed by atoms with Crippen molar-refractivity contribution >= 4 is 17.6 Å². The summed E-state index contributed by atoms with van der Waals surface area (Å²) < 4.78 is 4.61. The van der Waals surface area contributed by atoms with Gasteiger partial charge in [-0.3, -0.25) is 4.79 Å². The van der Waals surface area contributed by atoms with E-state index in [0.29, 0.717) is 11.4 Å². The van der Waals surface area contributed by atoms with Gasteiger partial charge in [-0.1, -0.05) is 29.8 Å². The molecule has 0 unspecified atom stereocenters. The smallest absolute Gasteiger partial charge is 0.306 e. The van der Waals surface area contributed by atoms with Crippen molar-refractivity contribution in [3.8, 4) is 0 Å². The van der Waals surface area contributed by atoms with Crippen LogP contribution in [0.15, 0.2) is 36.9 Å².